The number of carbonyl (C=O) groups is 1. The maximum Gasteiger partial charge on any atom is 0.272 e. The monoisotopic (exact) mass is 445 g/mol. The zero-order valence-electron chi connectivity index (χ0n) is 16.8. The molecule has 0 aliphatic carbocycles. The Labute approximate surface area is 182 Å². The summed E-state index contributed by atoms with van der Waals surface area (Å²) in [6.07, 6.45) is 0.935. The lowest BCUT2D eigenvalue weighted by Crippen LogP contribution is -2.28. The van der Waals surface area contributed by atoms with Crippen molar-refractivity contribution >= 4 is 39.2 Å². The molecular formula is C21H23N3O4S2. The number of fused-ring (bicyclic) bond motifs is 2. The van der Waals surface area contributed by atoms with Crippen molar-refractivity contribution in [3.05, 3.63) is 45.6 Å². The first-order valence-corrected chi connectivity index (χ1v) is 11.6. The maximum absolute atomic E-state index is 13.1. The van der Waals surface area contributed by atoms with Crippen LogP contribution in [0.3, 0.4) is 0 Å². The van der Waals surface area contributed by atoms with Crippen molar-refractivity contribution in [1.82, 2.24) is 14.9 Å². The first-order chi connectivity index (χ1) is 14.5. The van der Waals surface area contributed by atoms with Crippen LogP contribution in [0.1, 0.15) is 25.8 Å². The van der Waals surface area contributed by atoms with E-state index in [4.69, 9.17) is 9.47 Å². The van der Waals surface area contributed by atoms with Gasteiger partial charge in [0.15, 0.2) is 16.7 Å². The third kappa shape index (κ3) is 4.62. The van der Waals surface area contributed by atoms with Crippen molar-refractivity contribution < 1.29 is 14.3 Å². The van der Waals surface area contributed by atoms with Crippen LogP contribution in [0.2, 0.25) is 0 Å². The van der Waals surface area contributed by atoms with Gasteiger partial charge in [0, 0.05) is 6.54 Å². The molecule has 2 aromatic heterocycles. The zero-order chi connectivity index (χ0) is 21.1. The number of nitrogens with one attached hydrogen (secondary N) is 1. The minimum absolute atomic E-state index is 0.0602. The van der Waals surface area contributed by atoms with Gasteiger partial charge in [-0.05, 0) is 41.5 Å². The van der Waals surface area contributed by atoms with Gasteiger partial charge in [-0.25, -0.2) is 4.98 Å². The Morgan fingerprint density at radius 1 is 1.30 bits per heavy atom. The normalized spacial score (nSPS) is 12.6. The van der Waals surface area contributed by atoms with Gasteiger partial charge in [0.2, 0.25) is 12.7 Å². The van der Waals surface area contributed by atoms with Crippen LogP contribution < -0.4 is 20.3 Å². The van der Waals surface area contributed by atoms with E-state index in [1.165, 1.54) is 23.1 Å². The van der Waals surface area contributed by atoms with E-state index >= 15 is 0 Å². The van der Waals surface area contributed by atoms with Gasteiger partial charge < -0.3 is 14.8 Å². The molecule has 4 rings (SSSR count). The number of carbonyl (C=O) groups excluding carboxylic acids is 1. The molecule has 0 saturated heterocycles. The predicted octanol–water partition coefficient (Wildman–Crippen LogP) is 3.49. The quantitative estimate of drug-likeness (QED) is 0.422. The molecule has 0 fully saturated rings. The van der Waals surface area contributed by atoms with E-state index in [1.807, 2.05) is 29.6 Å². The van der Waals surface area contributed by atoms with Gasteiger partial charge >= 0.3 is 0 Å². The van der Waals surface area contributed by atoms with E-state index in [0.717, 1.165) is 12.0 Å². The average molecular weight is 446 g/mol. The number of benzene rings is 1. The summed E-state index contributed by atoms with van der Waals surface area (Å²) in [4.78, 5) is 30.0. The molecule has 158 valence electrons. The standard InChI is InChI=1S/C21H23N3O4S2/c1-13(2)5-7-22-18(25)11-30-21-23-15-6-8-29-19(15)20(26)24(21)10-14-3-4-16-17(9-14)28-12-27-16/h3-4,6,8-9,13H,5,7,10-12H2,1-2H3,(H,22,25). The maximum atomic E-state index is 13.1. The highest BCUT2D eigenvalue weighted by atomic mass is 32.2. The average Bonchev–Trinajstić information content (AvgIpc) is 3.37. The minimum atomic E-state index is -0.101. The predicted molar refractivity (Wildman–Crippen MR) is 119 cm³/mol. The van der Waals surface area contributed by atoms with E-state index in [-0.39, 0.29) is 24.0 Å². The number of hydrogen-bond donors (Lipinski definition) is 1. The molecule has 0 radical (unpaired) electrons. The lowest BCUT2D eigenvalue weighted by Gasteiger charge is -2.13. The van der Waals surface area contributed by atoms with Crippen LogP contribution in [0.4, 0.5) is 0 Å². The molecule has 3 aromatic rings. The number of thioether (sulfide) groups is 1. The molecule has 3 heterocycles. The van der Waals surface area contributed by atoms with Crippen molar-refractivity contribution in [3.63, 3.8) is 0 Å². The smallest absolute Gasteiger partial charge is 0.272 e. The summed E-state index contributed by atoms with van der Waals surface area (Å²) in [5.74, 6) is 2.05. The molecule has 30 heavy (non-hydrogen) atoms. The molecule has 9 heteroatoms. The number of thiophene rings is 1. The molecule has 1 N–H and O–H groups in total. The number of ether oxygens (including phenoxy) is 2. The molecule has 1 aliphatic rings. The molecule has 0 atom stereocenters. The second-order valence-corrected chi connectivity index (χ2v) is 9.29. The first kappa shape index (κ1) is 20.7. The Morgan fingerprint density at radius 3 is 2.97 bits per heavy atom. The second-order valence-electron chi connectivity index (χ2n) is 7.43. The van der Waals surface area contributed by atoms with Gasteiger partial charge in [-0.1, -0.05) is 31.7 Å². The molecule has 0 bridgehead atoms. The molecule has 0 saturated carbocycles. The topological polar surface area (TPSA) is 82.5 Å². The molecule has 0 unspecified atom stereocenters. The highest BCUT2D eigenvalue weighted by Crippen LogP contribution is 2.33. The molecule has 1 aliphatic heterocycles. The summed E-state index contributed by atoms with van der Waals surface area (Å²) in [5, 5.41) is 5.31. The first-order valence-electron chi connectivity index (χ1n) is 9.77. The Bertz CT molecular complexity index is 1120. The fourth-order valence-electron chi connectivity index (χ4n) is 3.08. The van der Waals surface area contributed by atoms with Gasteiger partial charge in [-0.15, -0.1) is 11.3 Å². The summed E-state index contributed by atoms with van der Waals surface area (Å²) < 4.78 is 13.0. The van der Waals surface area contributed by atoms with E-state index in [1.54, 1.807) is 4.57 Å². The molecule has 1 aromatic carbocycles. The number of nitrogens with zero attached hydrogens (tertiary/aromatic N) is 2. The van der Waals surface area contributed by atoms with Crippen LogP contribution in [0.5, 0.6) is 11.5 Å². The van der Waals surface area contributed by atoms with Crippen molar-refractivity contribution in [1.29, 1.82) is 0 Å². The van der Waals surface area contributed by atoms with Crippen LogP contribution >= 0.6 is 23.1 Å². The number of rotatable bonds is 8. The second kappa shape index (κ2) is 9.09. The summed E-state index contributed by atoms with van der Waals surface area (Å²) in [6, 6.07) is 7.46. The molecule has 1 amide bonds. The van der Waals surface area contributed by atoms with E-state index < -0.39 is 0 Å². The van der Waals surface area contributed by atoms with Crippen LogP contribution in [0.25, 0.3) is 10.2 Å². The summed E-state index contributed by atoms with van der Waals surface area (Å²) in [5.41, 5.74) is 1.47. The Kier molecular flexibility index (Phi) is 6.29. The van der Waals surface area contributed by atoms with Crippen molar-refractivity contribution in [2.75, 3.05) is 19.1 Å². The Balaban J connectivity index is 1.56. The summed E-state index contributed by atoms with van der Waals surface area (Å²) in [6.45, 7) is 5.44. The Hall–Kier alpha value is -2.52. The lowest BCUT2D eigenvalue weighted by molar-refractivity contribution is -0.118. The summed E-state index contributed by atoms with van der Waals surface area (Å²) in [7, 11) is 0. The van der Waals surface area contributed by atoms with Crippen LogP contribution in [-0.4, -0.2) is 34.5 Å². The number of amides is 1. The van der Waals surface area contributed by atoms with Crippen molar-refractivity contribution in [2.45, 2.75) is 32.0 Å². The van der Waals surface area contributed by atoms with E-state index in [9.17, 15) is 9.59 Å². The van der Waals surface area contributed by atoms with Gasteiger partial charge in [0.25, 0.3) is 5.56 Å². The van der Waals surface area contributed by atoms with Gasteiger partial charge in [0.1, 0.15) is 4.70 Å². The van der Waals surface area contributed by atoms with Crippen LogP contribution in [0.15, 0.2) is 39.6 Å². The zero-order valence-corrected chi connectivity index (χ0v) is 18.5. The highest BCUT2D eigenvalue weighted by Gasteiger charge is 2.17. The SMILES string of the molecule is CC(C)CCNC(=O)CSc1nc2ccsc2c(=O)n1Cc1ccc2c(c1)OCO2. The highest BCUT2D eigenvalue weighted by molar-refractivity contribution is 7.99. The van der Waals surface area contributed by atoms with E-state index in [2.05, 4.69) is 24.1 Å². The molecule has 0 spiro atoms. The fraction of sp³-hybridized carbons (Fsp3) is 0.381. The number of hydrogen-bond acceptors (Lipinski definition) is 7. The van der Waals surface area contributed by atoms with Crippen LogP contribution in [0, 0.1) is 5.92 Å². The molecular weight excluding hydrogens is 422 g/mol. The third-order valence-electron chi connectivity index (χ3n) is 4.68. The minimum Gasteiger partial charge on any atom is -0.454 e. The van der Waals surface area contributed by atoms with Crippen LogP contribution in [-0.2, 0) is 11.3 Å². The largest absolute Gasteiger partial charge is 0.454 e. The van der Waals surface area contributed by atoms with Crippen molar-refractivity contribution in [3.8, 4) is 11.5 Å². The molecule has 7 nitrogen and oxygen atoms in total. The Morgan fingerprint density at radius 2 is 2.13 bits per heavy atom. The fourth-order valence-corrected chi connectivity index (χ4v) is 4.68. The van der Waals surface area contributed by atoms with Gasteiger partial charge in [-0.3, -0.25) is 14.2 Å². The number of aromatic nitrogens is 2. The van der Waals surface area contributed by atoms with Gasteiger partial charge in [-0.2, -0.15) is 0 Å². The third-order valence-corrected chi connectivity index (χ3v) is 6.55. The van der Waals surface area contributed by atoms with E-state index in [0.29, 0.717) is 45.9 Å². The lowest BCUT2D eigenvalue weighted by atomic mass is 10.1. The van der Waals surface area contributed by atoms with Crippen molar-refractivity contribution in [2.24, 2.45) is 5.92 Å². The van der Waals surface area contributed by atoms with Gasteiger partial charge in [0.05, 0.1) is 17.8 Å². The summed E-state index contributed by atoms with van der Waals surface area (Å²) >= 11 is 2.66.